The summed E-state index contributed by atoms with van der Waals surface area (Å²) in [4.78, 5) is 28.9. The highest BCUT2D eigenvalue weighted by atomic mass is 35.5. The minimum atomic E-state index is 0.00350. The molecule has 2 amide bonds. The van der Waals surface area contributed by atoms with Crippen LogP contribution in [0.25, 0.3) is 0 Å². The van der Waals surface area contributed by atoms with Gasteiger partial charge in [-0.25, -0.2) is 0 Å². The first-order valence-electron chi connectivity index (χ1n) is 9.13. The van der Waals surface area contributed by atoms with Crippen molar-refractivity contribution < 1.29 is 9.59 Å². The van der Waals surface area contributed by atoms with Crippen molar-refractivity contribution >= 4 is 23.4 Å². The zero-order valence-corrected chi connectivity index (χ0v) is 15.3. The van der Waals surface area contributed by atoms with E-state index in [1.165, 1.54) is 0 Å². The van der Waals surface area contributed by atoms with Crippen LogP contribution in [0.2, 0.25) is 5.02 Å². The van der Waals surface area contributed by atoms with Gasteiger partial charge in [0, 0.05) is 49.2 Å². The van der Waals surface area contributed by atoms with Crippen LogP contribution in [-0.4, -0.2) is 53.8 Å². The first-order valence-corrected chi connectivity index (χ1v) is 9.50. The maximum atomic E-state index is 12.6. The van der Waals surface area contributed by atoms with E-state index in [1.807, 2.05) is 9.80 Å². The predicted molar refractivity (Wildman–Crippen MR) is 98.5 cm³/mol. The molecule has 0 spiro atoms. The van der Waals surface area contributed by atoms with Crippen LogP contribution in [0, 0.1) is 5.92 Å². The predicted octanol–water partition coefficient (Wildman–Crippen LogP) is 2.53. The molecule has 1 saturated carbocycles. The van der Waals surface area contributed by atoms with Gasteiger partial charge < -0.3 is 15.5 Å². The maximum Gasteiger partial charge on any atom is 0.253 e. The molecule has 1 aromatic carbocycles. The van der Waals surface area contributed by atoms with Crippen LogP contribution in [0.15, 0.2) is 24.3 Å². The summed E-state index contributed by atoms with van der Waals surface area (Å²) in [5, 5.41) is 0.620. The van der Waals surface area contributed by atoms with Gasteiger partial charge in [0.25, 0.3) is 5.91 Å². The number of nitrogens with two attached hydrogens (primary N) is 1. The number of rotatable bonds is 3. The molecule has 136 valence electrons. The average molecular weight is 364 g/mol. The molecule has 1 aliphatic carbocycles. The lowest BCUT2D eigenvalue weighted by Gasteiger charge is -2.24. The third kappa shape index (κ3) is 4.53. The molecule has 0 aromatic heterocycles. The van der Waals surface area contributed by atoms with Crippen molar-refractivity contribution in [1.29, 1.82) is 0 Å². The molecule has 5 nitrogen and oxygen atoms in total. The van der Waals surface area contributed by atoms with E-state index in [0.29, 0.717) is 49.1 Å². The molecular weight excluding hydrogens is 338 g/mol. The number of carbonyl (C=O) groups is 2. The Balaban J connectivity index is 1.55. The van der Waals surface area contributed by atoms with Gasteiger partial charge in [-0.1, -0.05) is 18.0 Å². The van der Waals surface area contributed by atoms with Gasteiger partial charge in [0.05, 0.1) is 0 Å². The molecule has 2 fully saturated rings. The van der Waals surface area contributed by atoms with Gasteiger partial charge in [-0.3, -0.25) is 9.59 Å². The lowest BCUT2D eigenvalue weighted by Crippen LogP contribution is -2.39. The lowest BCUT2D eigenvalue weighted by molar-refractivity contribution is -0.132. The van der Waals surface area contributed by atoms with Crippen molar-refractivity contribution in [2.24, 2.45) is 11.7 Å². The van der Waals surface area contributed by atoms with Gasteiger partial charge in [0.1, 0.15) is 0 Å². The summed E-state index contributed by atoms with van der Waals surface area (Å²) >= 11 is 5.88. The van der Waals surface area contributed by atoms with Gasteiger partial charge in [0.15, 0.2) is 0 Å². The van der Waals surface area contributed by atoms with E-state index in [4.69, 9.17) is 17.3 Å². The topological polar surface area (TPSA) is 66.6 Å². The third-order valence-corrected chi connectivity index (χ3v) is 5.63. The van der Waals surface area contributed by atoms with Crippen molar-refractivity contribution in [2.75, 3.05) is 26.2 Å². The fraction of sp³-hybridized carbons (Fsp3) is 0.579. The number of halogens is 1. The normalized spacial score (nSPS) is 24.2. The number of hydrogen-bond donors (Lipinski definition) is 1. The highest BCUT2D eigenvalue weighted by Gasteiger charge is 2.29. The van der Waals surface area contributed by atoms with Gasteiger partial charge >= 0.3 is 0 Å². The van der Waals surface area contributed by atoms with E-state index in [2.05, 4.69) is 0 Å². The van der Waals surface area contributed by atoms with Gasteiger partial charge in [-0.15, -0.1) is 0 Å². The number of benzene rings is 1. The van der Waals surface area contributed by atoms with Crippen LogP contribution in [0.3, 0.4) is 0 Å². The summed E-state index contributed by atoms with van der Waals surface area (Å²) < 4.78 is 0. The molecule has 0 radical (unpaired) electrons. The molecule has 3 rings (SSSR count). The molecule has 1 heterocycles. The van der Waals surface area contributed by atoms with Crippen LogP contribution in [0.4, 0.5) is 0 Å². The Morgan fingerprint density at radius 1 is 1.00 bits per heavy atom. The van der Waals surface area contributed by atoms with Gasteiger partial charge in [-0.2, -0.15) is 0 Å². The van der Waals surface area contributed by atoms with Crippen molar-refractivity contribution in [1.82, 2.24) is 9.80 Å². The summed E-state index contributed by atoms with van der Waals surface area (Å²) in [6.07, 6.45) is 4.57. The Morgan fingerprint density at radius 3 is 2.36 bits per heavy atom. The van der Waals surface area contributed by atoms with Crippen molar-refractivity contribution in [3.05, 3.63) is 34.9 Å². The molecule has 2 atom stereocenters. The number of hydrogen-bond acceptors (Lipinski definition) is 3. The summed E-state index contributed by atoms with van der Waals surface area (Å²) in [7, 11) is 0. The minimum absolute atomic E-state index is 0.00350. The average Bonchev–Trinajstić information content (AvgIpc) is 2.86. The largest absolute Gasteiger partial charge is 0.341 e. The Labute approximate surface area is 154 Å². The number of carbonyl (C=O) groups excluding carboxylic acids is 2. The SMILES string of the molecule is N[C@@H]1CCC[C@H]1CC(=O)N1CCCN(C(=O)c2ccc(Cl)cc2)CC1. The number of amides is 2. The molecule has 0 bridgehead atoms. The summed E-state index contributed by atoms with van der Waals surface area (Å²) in [5.74, 6) is 0.509. The second-order valence-electron chi connectivity index (χ2n) is 7.09. The van der Waals surface area contributed by atoms with E-state index in [-0.39, 0.29) is 17.9 Å². The molecule has 2 aliphatic rings. The molecule has 25 heavy (non-hydrogen) atoms. The fourth-order valence-corrected chi connectivity index (χ4v) is 3.94. The van der Waals surface area contributed by atoms with Crippen LogP contribution in [0.5, 0.6) is 0 Å². The molecule has 0 unspecified atom stereocenters. The van der Waals surface area contributed by atoms with Gasteiger partial charge in [0.2, 0.25) is 5.91 Å². The van der Waals surface area contributed by atoms with Crippen LogP contribution in [-0.2, 0) is 4.79 Å². The van der Waals surface area contributed by atoms with Crippen molar-refractivity contribution in [3.8, 4) is 0 Å². The molecule has 2 N–H and O–H groups in total. The molecular formula is C19H26ClN3O2. The van der Waals surface area contributed by atoms with E-state index >= 15 is 0 Å². The highest BCUT2D eigenvalue weighted by molar-refractivity contribution is 6.30. The third-order valence-electron chi connectivity index (χ3n) is 5.38. The Kier molecular flexibility index (Phi) is 5.97. The van der Waals surface area contributed by atoms with Crippen LogP contribution >= 0.6 is 11.6 Å². The molecule has 1 aliphatic heterocycles. The second-order valence-corrected chi connectivity index (χ2v) is 7.53. The van der Waals surface area contributed by atoms with E-state index in [9.17, 15) is 9.59 Å². The Morgan fingerprint density at radius 2 is 1.68 bits per heavy atom. The number of nitrogens with zero attached hydrogens (tertiary/aromatic N) is 2. The lowest BCUT2D eigenvalue weighted by atomic mass is 9.99. The van der Waals surface area contributed by atoms with Crippen molar-refractivity contribution in [2.45, 2.75) is 38.1 Å². The zero-order valence-electron chi connectivity index (χ0n) is 14.5. The highest BCUT2D eigenvalue weighted by Crippen LogP contribution is 2.27. The summed E-state index contributed by atoms with van der Waals surface area (Å²) in [6.45, 7) is 2.56. The second kappa shape index (κ2) is 8.19. The van der Waals surface area contributed by atoms with E-state index in [1.54, 1.807) is 24.3 Å². The van der Waals surface area contributed by atoms with Crippen molar-refractivity contribution in [3.63, 3.8) is 0 Å². The monoisotopic (exact) mass is 363 g/mol. The molecule has 6 heteroatoms. The smallest absolute Gasteiger partial charge is 0.253 e. The summed E-state index contributed by atoms with van der Waals surface area (Å²) in [5.41, 5.74) is 6.73. The quantitative estimate of drug-likeness (QED) is 0.897. The van der Waals surface area contributed by atoms with E-state index in [0.717, 1.165) is 25.7 Å². The Hall–Kier alpha value is -1.59. The standard InChI is InChI=1S/C19H26ClN3O2/c20-16-7-5-14(6-8-16)19(25)23-10-2-9-22(11-12-23)18(24)13-15-3-1-4-17(15)21/h5-8,15,17H,1-4,9-13,21H2/t15-,17+/m0/s1. The fourth-order valence-electron chi connectivity index (χ4n) is 3.82. The zero-order chi connectivity index (χ0) is 17.8. The van der Waals surface area contributed by atoms with Crippen LogP contribution in [0.1, 0.15) is 42.5 Å². The first kappa shape index (κ1) is 18.2. The first-order chi connectivity index (χ1) is 12.0. The Bertz CT molecular complexity index is 620. The van der Waals surface area contributed by atoms with E-state index < -0.39 is 0 Å². The summed E-state index contributed by atoms with van der Waals surface area (Å²) in [6, 6.07) is 7.12. The minimum Gasteiger partial charge on any atom is -0.341 e. The van der Waals surface area contributed by atoms with Crippen LogP contribution < -0.4 is 5.73 Å². The molecule has 1 saturated heterocycles. The van der Waals surface area contributed by atoms with Gasteiger partial charge in [-0.05, 0) is 49.4 Å². The maximum absolute atomic E-state index is 12.6. The molecule has 1 aromatic rings.